The summed E-state index contributed by atoms with van der Waals surface area (Å²) in [5.41, 5.74) is 0.105. The van der Waals surface area contributed by atoms with Gasteiger partial charge in [-0.1, -0.05) is 41.9 Å². The molecule has 2 aromatic rings. The van der Waals surface area contributed by atoms with Gasteiger partial charge in [0.05, 0.1) is 10.6 Å². The quantitative estimate of drug-likeness (QED) is 0.491. The number of aliphatic carboxylic acids is 2. The first kappa shape index (κ1) is 26.0. The van der Waals surface area contributed by atoms with Gasteiger partial charge in [0.1, 0.15) is 11.9 Å². The molecule has 6 nitrogen and oxygen atoms in total. The second-order valence-corrected chi connectivity index (χ2v) is 6.47. The number of carboxylic acids is 2. The van der Waals surface area contributed by atoms with Crippen molar-refractivity contribution in [1.82, 2.24) is 5.32 Å². The zero-order valence-corrected chi connectivity index (χ0v) is 17.2. The Bertz CT molecular complexity index is 872. The van der Waals surface area contributed by atoms with Crippen LogP contribution >= 0.6 is 11.6 Å². The van der Waals surface area contributed by atoms with Crippen LogP contribution in [0.2, 0.25) is 5.02 Å². The van der Waals surface area contributed by atoms with Crippen LogP contribution in [0.4, 0.5) is 13.2 Å². The predicted molar refractivity (Wildman–Crippen MR) is 109 cm³/mol. The van der Waals surface area contributed by atoms with Crippen molar-refractivity contribution in [2.24, 2.45) is 0 Å². The van der Waals surface area contributed by atoms with Gasteiger partial charge in [0.2, 0.25) is 0 Å². The summed E-state index contributed by atoms with van der Waals surface area (Å²) in [5.74, 6) is -2.48. The molecule has 0 aliphatic heterocycles. The third kappa shape index (κ3) is 10.0. The van der Waals surface area contributed by atoms with E-state index in [1.807, 2.05) is 30.3 Å². The Hall–Kier alpha value is -3.04. The molecule has 1 atom stereocenters. The molecule has 0 fully saturated rings. The van der Waals surface area contributed by atoms with E-state index in [1.54, 1.807) is 7.05 Å². The first-order valence-corrected chi connectivity index (χ1v) is 9.29. The van der Waals surface area contributed by atoms with E-state index in [0.717, 1.165) is 17.7 Å². The number of alkyl halides is 3. The summed E-state index contributed by atoms with van der Waals surface area (Å²) in [5, 5.41) is 18.8. The van der Waals surface area contributed by atoms with Crippen molar-refractivity contribution in [3.63, 3.8) is 0 Å². The van der Waals surface area contributed by atoms with Crippen LogP contribution in [0.15, 0.2) is 60.7 Å². The maximum Gasteiger partial charge on any atom is 0.416 e. The molecule has 31 heavy (non-hydrogen) atoms. The van der Waals surface area contributed by atoms with Crippen LogP contribution in [0, 0.1) is 0 Å². The van der Waals surface area contributed by atoms with Gasteiger partial charge in [-0.2, -0.15) is 13.2 Å². The van der Waals surface area contributed by atoms with Gasteiger partial charge >= 0.3 is 18.1 Å². The van der Waals surface area contributed by atoms with Crippen molar-refractivity contribution >= 4 is 23.5 Å². The van der Waals surface area contributed by atoms with Crippen molar-refractivity contribution in [1.29, 1.82) is 0 Å². The van der Waals surface area contributed by atoms with Gasteiger partial charge < -0.3 is 20.3 Å². The molecule has 0 aromatic heterocycles. The molecule has 0 aliphatic rings. The fourth-order valence-electron chi connectivity index (χ4n) is 2.30. The number of carboxylic acid groups (broad SMARTS) is 2. The van der Waals surface area contributed by atoms with Gasteiger partial charge in [-0.25, -0.2) is 9.59 Å². The lowest BCUT2D eigenvalue weighted by Gasteiger charge is -2.21. The maximum atomic E-state index is 12.9. The lowest BCUT2D eigenvalue weighted by atomic mass is 10.1. The summed E-state index contributed by atoms with van der Waals surface area (Å²) in [4.78, 5) is 19.1. The number of carbonyl (C=O) groups is 2. The van der Waals surface area contributed by atoms with E-state index >= 15 is 0 Å². The Morgan fingerprint density at radius 1 is 1.10 bits per heavy atom. The number of nitrogens with one attached hydrogen (secondary N) is 1. The fraction of sp³-hybridized carbons (Fsp3) is 0.238. The van der Waals surface area contributed by atoms with Crippen molar-refractivity contribution < 1.29 is 37.7 Å². The van der Waals surface area contributed by atoms with E-state index in [0.29, 0.717) is 25.1 Å². The zero-order valence-electron chi connectivity index (χ0n) is 16.4. The highest BCUT2D eigenvalue weighted by Gasteiger charge is 2.31. The Kier molecular flexibility index (Phi) is 10.6. The van der Waals surface area contributed by atoms with Gasteiger partial charge in [0, 0.05) is 18.6 Å². The number of rotatable bonds is 8. The average molecular weight is 460 g/mol. The van der Waals surface area contributed by atoms with Crippen LogP contribution in [0.5, 0.6) is 5.75 Å². The monoisotopic (exact) mass is 459 g/mol. The van der Waals surface area contributed by atoms with E-state index in [9.17, 15) is 22.8 Å². The number of hydrogen-bond donors (Lipinski definition) is 3. The van der Waals surface area contributed by atoms with Crippen molar-refractivity contribution in [2.45, 2.75) is 18.7 Å². The third-order valence-corrected chi connectivity index (χ3v) is 4.04. The molecule has 0 spiro atoms. The van der Waals surface area contributed by atoms with Crippen LogP contribution in [0.3, 0.4) is 0 Å². The van der Waals surface area contributed by atoms with E-state index in [2.05, 4.69) is 5.32 Å². The van der Waals surface area contributed by atoms with Gasteiger partial charge in [0.15, 0.2) is 0 Å². The molecule has 2 rings (SSSR count). The van der Waals surface area contributed by atoms with Gasteiger partial charge in [-0.3, -0.25) is 0 Å². The standard InChI is InChI=1S/C17H17ClF3NO.C4H4O4/c1-22-10-9-15(12-5-3-2-4-6-12)23-16-11-13(17(19,20)21)7-8-14(16)18;5-3(6)1-2-4(7)8/h2-8,11,15,22H,9-10H2,1H3;1-2H,(H,5,6)(H,7,8)/b;2-1+/t15-;/m1./s1. The maximum absolute atomic E-state index is 12.9. The third-order valence-electron chi connectivity index (χ3n) is 3.72. The highest BCUT2D eigenvalue weighted by Crippen LogP contribution is 2.37. The van der Waals surface area contributed by atoms with Crippen molar-refractivity contribution in [2.75, 3.05) is 13.6 Å². The Labute approximate surface area is 181 Å². The largest absolute Gasteiger partial charge is 0.484 e. The molecule has 0 radical (unpaired) electrons. The molecule has 0 heterocycles. The first-order valence-electron chi connectivity index (χ1n) is 8.91. The Morgan fingerprint density at radius 3 is 2.16 bits per heavy atom. The van der Waals surface area contributed by atoms with Gasteiger partial charge in [0.25, 0.3) is 0 Å². The van der Waals surface area contributed by atoms with E-state index in [-0.39, 0.29) is 16.9 Å². The lowest BCUT2D eigenvalue weighted by molar-refractivity contribution is -0.137. The van der Waals surface area contributed by atoms with Crippen molar-refractivity contribution in [3.05, 3.63) is 76.8 Å². The van der Waals surface area contributed by atoms with E-state index in [4.69, 9.17) is 26.6 Å². The summed E-state index contributed by atoms with van der Waals surface area (Å²) < 4.78 is 44.4. The highest BCUT2D eigenvalue weighted by atomic mass is 35.5. The molecule has 0 saturated carbocycles. The molecule has 0 aliphatic carbocycles. The minimum Gasteiger partial charge on any atom is -0.484 e. The molecule has 0 bridgehead atoms. The summed E-state index contributed by atoms with van der Waals surface area (Å²) in [6, 6.07) is 12.4. The second kappa shape index (κ2) is 12.6. The van der Waals surface area contributed by atoms with E-state index < -0.39 is 23.7 Å². The lowest BCUT2D eigenvalue weighted by Crippen LogP contribution is -2.16. The van der Waals surface area contributed by atoms with Gasteiger partial charge in [-0.15, -0.1) is 0 Å². The summed E-state index contributed by atoms with van der Waals surface area (Å²) in [6.07, 6.45) is -3.10. The molecule has 3 N–H and O–H groups in total. The molecule has 0 amide bonds. The SMILES string of the molecule is CNCC[C@@H](Oc1cc(C(F)(F)F)ccc1Cl)c1ccccc1.O=C(O)/C=C/C(=O)O. The first-order chi connectivity index (χ1) is 14.5. The van der Waals surface area contributed by atoms with Crippen LogP contribution in [-0.4, -0.2) is 35.7 Å². The Morgan fingerprint density at radius 2 is 1.68 bits per heavy atom. The van der Waals surface area contributed by atoms with Crippen LogP contribution in [0.25, 0.3) is 0 Å². The minimum atomic E-state index is -4.43. The zero-order chi connectivity index (χ0) is 23.4. The summed E-state index contributed by atoms with van der Waals surface area (Å²) in [6.45, 7) is 0.663. The fourth-order valence-corrected chi connectivity index (χ4v) is 2.46. The number of ether oxygens (including phenoxy) is 1. The molecule has 0 saturated heterocycles. The van der Waals surface area contributed by atoms with Crippen LogP contribution < -0.4 is 10.1 Å². The number of benzene rings is 2. The van der Waals surface area contributed by atoms with Crippen LogP contribution in [-0.2, 0) is 15.8 Å². The predicted octanol–water partition coefficient (Wildman–Crippen LogP) is 4.80. The second-order valence-electron chi connectivity index (χ2n) is 6.06. The van der Waals surface area contributed by atoms with E-state index in [1.165, 1.54) is 6.07 Å². The Balaban J connectivity index is 0.000000512. The molecular weight excluding hydrogens is 439 g/mol. The molecule has 0 unspecified atom stereocenters. The highest BCUT2D eigenvalue weighted by molar-refractivity contribution is 6.32. The number of halogens is 4. The summed E-state index contributed by atoms with van der Waals surface area (Å²) in [7, 11) is 1.80. The number of hydrogen-bond acceptors (Lipinski definition) is 4. The molecule has 168 valence electrons. The molecule has 10 heteroatoms. The molecular formula is C21H21ClF3NO5. The average Bonchev–Trinajstić information content (AvgIpc) is 2.71. The summed E-state index contributed by atoms with van der Waals surface area (Å²) >= 11 is 6.00. The minimum absolute atomic E-state index is 0.0337. The smallest absolute Gasteiger partial charge is 0.416 e. The van der Waals surface area contributed by atoms with Crippen molar-refractivity contribution in [3.8, 4) is 5.75 Å². The normalized spacial score (nSPS) is 12.0. The van der Waals surface area contributed by atoms with Crippen LogP contribution in [0.1, 0.15) is 23.7 Å². The molecule has 2 aromatic carbocycles. The topological polar surface area (TPSA) is 95.9 Å². The van der Waals surface area contributed by atoms with Gasteiger partial charge in [-0.05, 0) is 37.4 Å².